The number of carbonyl (C=O) groups excluding carboxylic acids is 1. The number of rotatable bonds is 8. The van der Waals surface area contributed by atoms with Crippen LogP contribution in [0.2, 0.25) is 0 Å². The molecule has 0 fully saturated rings. The number of amides is 1. The first-order valence-corrected chi connectivity index (χ1v) is 11.0. The highest BCUT2D eigenvalue weighted by Gasteiger charge is 2.30. The number of benzene rings is 2. The minimum absolute atomic E-state index is 0.00432. The standard InChI is InChI=1S/C20H19FN2O5S2/c1-27-17-10-9-14(12-18(17)28-2)22-19(24)13-23(16-7-4-3-6-15(16)21)30(25,26)20-8-5-11-29-20/h3-12H,13H2,1-2H3,(H,22,24). The molecule has 0 saturated carbocycles. The molecule has 1 amide bonds. The molecule has 0 aliphatic carbocycles. The SMILES string of the molecule is COc1ccc(NC(=O)CN(c2ccccc2F)S(=O)(=O)c2cccs2)cc1OC. The number of para-hydroxylation sites is 1. The molecule has 1 heterocycles. The zero-order valence-corrected chi connectivity index (χ0v) is 17.8. The van der Waals surface area contributed by atoms with Gasteiger partial charge in [-0.3, -0.25) is 9.10 Å². The van der Waals surface area contributed by atoms with Crippen molar-refractivity contribution >= 4 is 38.6 Å². The lowest BCUT2D eigenvalue weighted by Crippen LogP contribution is -2.38. The zero-order chi connectivity index (χ0) is 21.7. The van der Waals surface area contributed by atoms with Crippen molar-refractivity contribution in [2.45, 2.75) is 4.21 Å². The Morgan fingerprint density at radius 1 is 1.07 bits per heavy atom. The molecule has 0 bridgehead atoms. The van der Waals surface area contributed by atoms with Crippen LogP contribution < -0.4 is 19.1 Å². The van der Waals surface area contributed by atoms with Crippen molar-refractivity contribution < 1.29 is 27.1 Å². The molecule has 1 aromatic heterocycles. The summed E-state index contributed by atoms with van der Waals surface area (Å²) >= 11 is 0.985. The molecule has 2 aromatic carbocycles. The second-order valence-electron chi connectivity index (χ2n) is 6.01. The molecule has 3 rings (SSSR count). The molecule has 0 spiro atoms. The van der Waals surface area contributed by atoms with E-state index in [-0.39, 0.29) is 9.90 Å². The third-order valence-electron chi connectivity index (χ3n) is 4.12. The number of hydrogen-bond donors (Lipinski definition) is 1. The number of ether oxygens (including phenoxy) is 2. The van der Waals surface area contributed by atoms with Crippen LogP contribution in [0.4, 0.5) is 15.8 Å². The first-order valence-electron chi connectivity index (χ1n) is 8.69. The van der Waals surface area contributed by atoms with Gasteiger partial charge in [0, 0.05) is 11.8 Å². The van der Waals surface area contributed by atoms with E-state index >= 15 is 0 Å². The van der Waals surface area contributed by atoms with Crippen molar-refractivity contribution in [1.29, 1.82) is 0 Å². The van der Waals surface area contributed by atoms with Crippen molar-refractivity contribution in [3.05, 3.63) is 65.8 Å². The molecule has 0 atom stereocenters. The molecule has 30 heavy (non-hydrogen) atoms. The van der Waals surface area contributed by atoms with E-state index in [0.717, 1.165) is 21.7 Å². The third kappa shape index (κ3) is 4.55. The van der Waals surface area contributed by atoms with Crippen LogP contribution in [0.3, 0.4) is 0 Å². The summed E-state index contributed by atoms with van der Waals surface area (Å²) in [5.74, 6) is -0.529. The molecule has 0 aliphatic rings. The third-order valence-corrected chi connectivity index (χ3v) is 7.25. The molecule has 0 aliphatic heterocycles. The molecule has 0 saturated heterocycles. The average molecular weight is 451 g/mol. The van der Waals surface area contributed by atoms with Crippen LogP contribution in [0.15, 0.2) is 64.2 Å². The van der Waals surface area contributed by atoms with Gasteiger partial charge in [-0.05, 0) is 35.7 Å². The summed E-state index contributed by atoms with van der Waals surface area (Å²) in [6, 6.07) is 13.1. The number of anilines is 2. The van der Waals surface area contributed by atoms with Gasteiger partial charge in [0.25, 0.3) is 10.0 Å². The molecule has 158 valence electrons. The van der Waals surface area contributed by atoms with E-state index in [1.54, 1.807) is 23.6 Å². The van der Waals surface area contributed by atoms with Crippen molar-refractivity contribution in [3.63, 3.8) is 0 Å². The van der Waals surface area contributed by atoms with Gasteiger partial charge in [0.15, 0.2) is 11.5 Å². The zero-order valence-electron chi connectivity index (χ0n) is 16.2. The van der Waals surface area contributed by atoms with Crippen LogP contribution in [-0.4, -0.2) is 35.1 Å². The van der Waals surface area contributed by atoms with E-state index < -0.39 is 28.3 Å². The Hall–Kier alpha value is -3.11. The van der Waals surface area contributed by atoms with Gasteiger partial charge in [-0.25, -0.2) is 12.8 Å². The van der Waals surface area contributed by atoms with Gasteiger partial charge in [0.2, 0.25) is 5.91 Å². The number of nitrogens with zero attached hydrogens (tertiary/aromatic N) is 1. The summed E-state index contributed by atoms with van der Waals surface area (Å²) in [5, 5.41) is 4.20. The maximum Gasteiger partial charge on any atom is 0.274 e. The van der Waals surface area contributed by atoms with Crippen LogP contribution >= 0.6 is 11.3 Å². The molecular weight excluding hydrogens is 431 g/mol. The Morgan fingerprint density at radius 2 is 1.80 bits per heavy atom. The van der Waals surface area contributed by atoms with Gasteiger partial charge in [0.05, 0.1) is 19.9 Å². The van der Waals surface area contributed by atoms with E-state index in [0.29, 0.717) is 17.2 Å². The number of sulfonamides is 1. The largest absolute Gasteiger partial charge is 0.493 e. The number of nitrogens with one attached hydrogen (secondary N) is 1. The van der Waals surface area contributed by atoms with Gasteiger partial charge in [-0.1, -0.05) is 18.2 Å². The predicted molar refractivity (Wildman–Crippen MR) is 113 cm³/mol. The van der Waals surface area contributed by atoms with Gasteiger partial charge >= 0.3 is 0 Å². The quantitative estimate of drug-likeness (QED) is 0.565. The van der Waals surface area contributed by atoms with Crippen molar-refractivity contribution in [2.24, 2.45) is 0 Å². The van der Waals surface area contributed by atoms with Crippen molar-refractivity contribution in [2.75, 3.05) is 30.4 Å². The number of carbonyl (C=O) groups is 1. The van der Waals surface area contributed by atoms with E-state index in [1.807, 2.05) is 0 Å². The number of halogens is 1. The molecule has 1 N–H and O–H groups in total. The van der Waals surface area contributed by atoms with Gasteiger partial charge in [-0.15, -0.1) is 11.3 Å². The number of methoxy groups -OCH3 is 2. The maximum absolute atomic E-state index is 14.4. The summed E-state index contributed by atoms with van der Waals surface area (Å²) in [6.45, 7) is -0.616. The Bertz CT molecular complexity index is 1130. The van der Waals surface area contributed by atoms with E-state index in [2.05, 4.69) is 5.32 Å². The number of hydrogen-bond acceptors (Lipinski definition) is 6. The van der Waals surface area contributed by atoms with Crippen molar-refractivity contribution in [3.8, 4) is 11.5 Å². The minimum atomic E-state index is -4.14. The van der Waals surface area contributed by atoms with E-state index in [9.17, 15) is 17.6 Å². The second-order valence-corrected chi connectivity index (χ2v) is 9.05. The van der Waals surface area contributed by atoms with Crippen LogP contribution in [0.1, 0.15) is 0 Å². The van der Waals surface area contributed by atoms with Crippen LogP contribution in [-0.2, 0) is 14.8 Å². The molecular formula is C20H19FN2O5S2. The first-order chi connectivity index (χ1) is 14.4. The summed E-state index contributed by atoms with van der Waals surface area (Å²) in [4.78, 5) is 12.7. The van der Waals surface area contributed by atoms with E-state index in [4.69, 9.17) is 9.47 Å². The fourth-order valence-corrected chi connectivity index (χ4v) is 5.25. The second kappa shape index (κ2) is 9.14. The lowest BCUT2D eigenvalue weighted by Gasteiger charge is -2.23. The summed E-state index contributed by atoms with van der Waals surface area (Å²) < 4.78 is 51.7. The fraction of sp³-hybridized carbons (Fsp3) is 0.150. The predicted octanol–water partition coefficient (Wildman–Crippen LogP) is 3.74. The van der Waals surface area contributed by atoms with Crippen LogP contribution in [0.25, 0.3) is 0 Å². The topological polar surface area (TPSA) is 84.9 Å². The molecule has 10 heteroatoms. The average Bonchev–Trinajstić information content (AvgIpc) is 3.28. The Morgan fingerprint density at radius 3 is 2.43 bits per heavy atom. The number of thiophene rings is 1. The van der Waals surface area contributed by atoms with E-state index in [1.165, 1.54) is 44.6 Å². The van der Waals surface area contributed by atoms with Gasteiger partial charge in [0.1, 0.15) is 16.6 Å². The smallest absolute Gasteiger partial charge is 0.274 e. The normalized spacial score (nSPS) is 11.0. The first kappa shape index (κ1) is 21.6. The maximum atomic E-state index is 14.4. The summed E-state index contributed by atoms with van der Waals surface area (Å²) in [7, 11) is -1.20. The highest BCUT2D eigenvalue weighted by Crippen LogP contribution is 2.31. The van der Waals surface area contributed by atoms with Gasteiger partial charge < -0.3 is 14.8 Å². The lowest BCUT2D eigenvalue weighted by atomic mass is 10.2. The minimum Gasteiger partial charge on any atom is -0.493 e. The summed E-state index contributed by atoms with van der Waals surface area (Å²) in [6.07, 6.45) is 0. The highest BCUT2D eigenvalue weighted by atomic mass is 32.2. The highest BCUT2D eigenvalue weighted by molar-refractivity contribution is 7.94. The molecule has 3 aromatic rings. The van der Waals surface area contributed by atoms with Crippen LogP contribution in [0, 0.1) is 5.82 Å². The molecule has 0 unspecified atom stereocenters. The molecule has 0 radical (unpaired) electrons. The lowest BCUT2D eigenvalue weighted by molar-refractivity contribution is -0.114. The molecule has 7 nitrogen and oxygen atoms in total. The summed E-state index contributed by atoms with van der Waals surface area (Å²) in [5.41, 5.74) is 0.160. The van der Waals surface area contributed by atoms with Crippen molar-refractivity contribution in [1.82, 2.24) is 0 Å². The monoisotopic (exact) mass is 450 g/mol. The Balaban J connectivity index is 1.90. The van der Waals surface area contributed by atoms with Crippen LogP contribution in [0.5, 0.6) is 11.5 Å². The fourth-order valence-electron chi connectivity index (χ4n) is 2.72. The van der Waals surface area contributed by atoms with Gasteiger partial charge in [-0.2, -0.15) is 0 Å². The Kier molecular flexibility index (Phi) is 6.58. The Labute approximate surface area is 177 Å².